The number of piperidine rings is 1. The first kappa shape index (κ1) is 18.9. The van der Waals surface area contributed by atoms with Gasteiger partial charge in [-0.25, -0.2) is 13.0 Å². The van der Waals surface area contributed by atoms with Crippen molar-refractivity contribution in [1.82, 2.24) is 14.6 Å². The van der Waals surface area contributed by atoms with E-state index in [1.807, 2.05) is 0 Å². The van der Waals surface area contributed by atoms with Crippen LogP contribution in [0, 0.1) is 5.92 Å². The molecule has 1 aliphatic rings. The van der Waals surface area contributed by atoms with Gasteiger partial charge in [0.1, 0.15) is 10.4 Å². The number of fused-ring (bicyclic) bond motifs is 1. The molecule has 1 aliphatic heterocycles. The summed E-state index contributed by atoms with van der Waals surface area (Å²) in [6.07, 6.45) is 1.19. The van der Waals surface area contributed by atoms with Crippen LogP contribution in [0.4, 0.5) is 5.69 Å². The van der Waals surface area contributed by atoms with Crippen molar-refractivity contribution >= 4 is 44.3 Å². The Bertz CT molecular complexity index is 1130. The van der Waals surface area contributed by atoms with Crippen LogP contribution in [0.25, 0.3) is 11.0 Å². The normalized spacial score (nSPS) is 18.2. The Labute approximate surface area is 166 Å². The summed E-state index contributed by atoms with van der Waals surface area (Å²) in [5.74, 6) is -0.694. The Kier molecular flexibility index (Phi) is 5.05. The lowest BCUT2D eigenvalue weighted by Gasteiger charge is -2.31. The topological polar surface area (TPSA) is 105 Å². The third-order valence-electron chi connectivity index (χ3n) is 4.71. The lowest BCUT2D eigenvalue weighted by Crippen LogP contribution is -2.43. The number of halogens is 1. The number of rotatable bonds is 4. The molecule has 0 spiro atoms. The number of sulfonamides is 1. The van der Waals surface area contributed by atoms with Crippen LogP contribution in [0.15, 0.2) is 52.0 Å². The summed E-state index contributed by atoms with van der Waals surface area (Å²) in [7, 11) is -3.83. The molecule has 0 bridgehead atoms. The van der Waals surface area contributed by atoms with Gasteiger partial charge >= 0.3 is 0 Å². The van der Waals surface area contributed by atoms with Crippen LogP contribution in [0.1, 0.15) is 12.8 Å². The minimum Gasteiger partial charge on any atom is -0.326 e. The highest BCUT2D eigenvalue weighted by Crippen LogP contribution is 2.28. The van der Waals surface area contributed by atoms with E-state index in [4.69, 9.17) is 11.6 Å². The molecular weight excluding hydrogens is 404 g/mol. The van der Waals surface area contributed by atoms with E-state index in [9.17, 15) is 13.2 Å². The van der Waals surface area contributed by atoms with Crippen molar-refractivity contribution < 1.29 is 17.8 Å². The number of anilines is 1. The van der Waals surface area contributed by atoms with Crippen molar-refractivity contribution in [2.24, 2.45) is 5.92 Å². The molecule has 2 aromatic carbocycles. The molecule has 0 aliphatic carbocycles. The van der Waals surface area contributed by atoms with Gasteiger partial charge in [-0.1, -0.05) is 23.7 Å². The van der Waals surface area contributed by atoms with E-state index in [1.54, 1.807) is 36.4 Å². The highest BCUT2D eigenvalue weighted by Gasteiger charge is 2.34. The molecule has 1 saturated heterocycles. The Morgan fingerprint density at radius 2 is 2.04 bits per heavy atom. The molecule has 1 fully saturated rings. The standard InChI is InChI=1S/C18H17ClN4O4S/c19-13-5-1-6-14(10-13)20-18(24)12-4-3-9-23(11-12)28(25,26)16-8-2-7-15-17(16)22-27-21-15/h1-2,5-8,10,12H,3-4,9,11H2,(H,20,24). The van der Waals surface area contributed by atoms with Crippen LogP contribution in [0.5, 0.6) is 0 Å². The second kappa shape index (κ2) is 7.50. The molecule has 146 valence electrons. The minimum atomic E-state index is -3.83. The molecule has 0 saturated carbocycles. The van der Waals surface area contributed by atoms with Gasteiger partial charge in [-0.15, -0.1) is 0 Å². The average Bonchev–Trinajstić information content (AvgIpc) is 3.17. The second-order valence-corrected chi connectivity index (χ2v) is 8.93. The monoisotopic (exact) mass is 420 g/mol. The highest BCUT2D eigenvalue weighted by molar-refractivity contribution is 7.89. The summed E-state index contributed by atoms with van der Waals surface area (Å²) in [5, 5.41) is 10.7. The summed E-state index contributed by atoms with van der Waals surface area (Å²) in [5.41, 5.74) is 1.14. The first-order chi connectivity index (χ1) is 13.4. The smallest absolute Gasteiger partial charge is 0.245 e. The molecule has 0 radical (unpaired) electrons. The molecule has 1 atom stereocenters. The molecule has 10 heteroatoms. The summed E-state index contributed by atoms with van der Waals surface area (Å²) < 4.78 is 32.3. The third kappa shape index (κ3) is 3.60. The molecule has 1 aromatic heterocycles. The van der Waals surface area contributed by atoms with Gasteiger partial charge in [-0.3, -0.25) is 4.79 Å². The summed E-state index contributed by atoms with van der Waals surface area (Å²) in [4.78, 5) is 12.7. The van der Waals surface area contributed by atoms with E-state index in [0.29, 0.717) is 35.6 Å². The SMILES string of the molecule is O=C(Nc1cccc(Cl)c1)C1CCCN(S(=O)(=O)c2cccc3nonc23)C1. The number of nitrogens with one attached hydrogen (secondary N) is 1. The van der Waals surface area contributed by atoms with Gasteiger partial charge < -0.3 is 5.32 Å². The van der Waals surface area contributed by atoms with Crippen molar-refractivity contribution in [3.8, 4) is 0 Å². The van der Waals surface area contributed by atoms with Gasteiger partial charge in [0.25, 0.3) is 0 Å². The van der Waals surface area contributed by atoms with Gasteiger partial charge in [0.2, 0.25) is 15.9 Å². The number of amides is 1. The fourth-order valence-electron chi connectivity index (χ4n) is 3.31. The summed E-state index contributed by atoms with van der Waals surface area (Å²) in [6.45, 7) is 0.432. The quantitative estimate of drug-likeness (QED) is 0.695. The lowest BCUT2D eigenvalue weighted by atomic mass is 9.99. The number of hydrogen-bond donors (Lipinski definition) is 1. The zero-order valence-corrected chi connectivity index (χ0v) is 16.3. The van der Waals surface area contributed by atoms with Crippen LogP contribution in [0.3, 0.4) is 0 Å². The van der Waals surface area contributed by atoms with E-state index in [-0.39, 0.29) is 22.9 Å². The lowest BCUT2D eigenvalue weighted by molar-refractivity contribution is -0.120. The molecule has 1 amide bonds. The molecule has 4 rings (SSSR count). The van der Waals surface area contributed by atoms with Crippen LogP contribution in [-0.4, -0.2) is 42.0 Å². The average molecular weight is 421 g/mol. The van der Waals surface area contributed by atoms with Gasteiger partial charge in [0.15, 0.2) is 5.52 Å². The molecule has 3 aromatic rings. The molecular formula is C18H17ClN4O4S. The Morgan fingerprint density at radius 3 is 2.86 bits per heavy atom. The van der Waals surface area contributed by atoms with Gasteiger partial charge in [-0.2, -0.15) is 4.31 Å². The van der Waals surface area contributed by atoms with Crippen molar-refractivity contribution in [3.63, 3.8) is 0 Å². The number of benzene rings is 2. The summed E-state index contributed by atoms with van der Waals surface area (Å²) >= 11 is 5.95. The first-order valence-corrected chi connectivity index (χ1v) is 10.5. The van der Waals surface area contributed by atoms with Crippen molar-refractivity contribution in [1.29, 1.82) is 0 Å². The maximum atomic E-state index is 13.1. The second-order valence-electron chi connectivity index (χ2n) is 6.59. The number of carbonyl (C=O) groups is 1. The van der Waals surface area contributed by atoms with Gasteiger partial charge in [0.05, 0.1) is 5.92 Å². The highest BCUT2D eigenvalue weighted by atomic mass is 35.5. The zero-order valence-electron chi connectivity index (χ0n) is 14.7. The number of aromatic nitrogens is 2. The van der Waals surface area contributed by atoms with Crippen molar-refractivity contribution in [3.05, 3.63) is 47.5 Å². The molecule has 28 heavy (non-hydrogen) atoms. The number of hydrogen-bond acceptors (Lipinski definition) is 6. The fourth-order valence-corrected chi connectivity index (χ4v) is 5.16. The Balaban J connectivity index is 1.54. The zero-order chi connectivity index (χ0) is 19.7. The van der Waals surface area contributed by atoms with Crippen molar-refractivity contribution in [2.75, 3.05) is 18.4 Å². The Morgan fingerprint density at radius 1 is 1.21 bits per heavy atom. The molecule has 2 heterocycles. The summed E-state index contributed by atoms with van der Waals surface area (Å²) in [6, 6.07) is 11.5. The predicted molar refractivity (Wildman–Crippen MR) is 103 cm³/mol. The van der Waals surface area contributed by atoms with Crippen LogP contribution < -0.4 is 5.32 Å². The first-order valence-electron chi connectivity index (χ1n) is 8.73. The van der Waals surface area contributed by atoms with Crippen LogP contribution >= 0.6 is 11.6 Å². The largest absolute Gasteiger partial charge is 0.326 e. The van der Waals surface area contributed by atoms with Gasteiger partial charge in [-0.05, 0) is 53.5 Å². The van der Waals surface area contributed by atoms with Crippen LogP contribution in [-0.2, 0) is 14.8 Å². The maximum absolute atomic E-state index is 13.1. The van der Waals surface area contributed by atoms with Crippen LogP contribution in [0.2, 0.25) is 5.02 Å². The maximum Gasteiger partial charge on any atom is 0.245 e. The number of carbonyl (C=O) groups excluding carboxylic acids is 1. The Hall–Kier alpha value is -2.49. The molecule has 8 nitrogen and oxygen atoms in total. The van der Waals surface area contributed by atoms with E-state index in [1.165, 1.54) is 10.4 Å². The minimum absolute atomic E-state index is 0.0298. The molecule has 1 unspecified atom stereocenters. The predicted octanol–water partition coefficient (Wildman–Crippen LogP) is 2.92. The van der Waals surface area contributed by atoms with E-state index < -0.39 is 15.9 Å². The van der Waals surface area contributed by atoms with E-state index in [2.05, 4.69) is 20.3 Å². The fraction of sp³-hybridized carbons (Fsp3) is 0.278. The van der Waals surface area contributed by atoms with E-state index in [0.717, 1.165) is 0 Å². The number of nitrogens with zero attached hydrogens (tertiary/aromatic N) is 3. The molecule has 1 N–H and O–H groups in total. The van der Waals surface area contributed by atoms with Crippen molar-refractivity contribution in [2.45, 2.75) is 17.7 Å². The van der Waals surface area contributed by atoms with Gasteiger partial charge in [0, 0.05) is 23.8 Å². The third-order valence-corrected chi connectivity index (χ3v) is 6.85. The van der Waals surface area contributed by atoms with E-state index >= 15 is 0 Å².